The highest BCUT2D eigenvalue weighted by atomic mass is 32.2. The normalized spacial score (nSPS) is 17.8. The Morgan fingerprint density at radius 1 is 1.29 bits per heavy atom. The van der Waals surface area contributed by atoms with Crippen LogP contribution in [0.3, 0.4) is 0 Å². The first kappa shape index (κ1) is 16.0. The van der Waals surface area contributed by atoms with Crippen molar-refractivity contribution in [3.8, 4) is 0 Å². The number of nitrogens with one attached hydrogen (secondary N) is 1. The lowest BCUT2D eigenvalue weighted by molar-refractivity contribution is -0.143. The van der Waals surface area contributed by atoms with E-state index in [4.69, 9.17) is 0 Å². The Kier molecular flexibility index (Phi) is 4.39. The third-order valence-corrected chi connectivity index (χ3v) is 5.76. The standard InChI is InChI=1S/C15H21NO4S/c1-3-15(2,14(17)18)16-21(19,20)13-9-8-11-6-4-5-7-12(11)10-13/h8-10,16H,3-7H2,1-2H3,(H,17,18). The molecule has 0 amide bonds. The van der Waals surface area contributed by atoms with Gasteiger partial charge < -0.3 is 5.11 Å². The number of sulfonamides is 1. The van der Waals surface area contributed by atoms with E-state index >= 15 is 0 Å². The van der Waals surface area contributed by atoms with Gasteiger partial charge in [0.15, 0.2) is 0 Å². The fourth-order valence-corrected chi connectivity index (χ4v) is 3.99. The summed E-state index contributed by atoms with van der Waals surface area (Å²) in [7, 11) is -3.84. The highest BCUT2D eigenvalue weighted by Gasteiger charge is 2.36. The van der Waals surface area contributed by atoms with Crippen LogP contribution in [0.1, 0.15) is 44.2 Å². The van der Waals surface area contributed by atoms with Crippen LogP contribution in [0.15, 0.2) is 23.1 Å². The van der Waals surface area contributed by atoms with Crippen LogP contribution in [0.25, 0.3) is 0 Å². The minimum Gasteiger partial charge on any atom is -0.480 e. The molecule has 0 bridgehead atoms. The van der Waals surface area contributed by atoms with E-state index in [1.807, 2.05) is 6.07 Å². The van der Waals surface area contributed by atoms with Gasteiger partial charge in [0.05, 0.1) is 4.90 Å². The topological polar surface area (TPSA) is 83.5 Å². The predicted octanol–water partition coefficient (Wildman–Crippen LogP) is 2.10. The Bertz CT molecular complexity index is 654. The molecular weight excluding hydrogens is 290 g/mol. The third-order valence-electron chi connectivity index (χ3n) is 4.17. The molecule has 1 atom stereocenters. The molecule has 0 aliphatic heterocycles. The number of aliphatic carboxylic acids is 1. The molecule has 0 heterocycles. The molecule has 2 rings (SSSR count). The summed E-state index contributed by atoms with van der Waals surface area (Å²) in [5.41, 5.74) is 0.753. The summed E-state index contributed by atoms with van der Waals surface area (Å²) in [6, 6.07) is 5.08. The Morgan fingerprint density at radius 3 is 2.48 bits per heavy atom. The van der Waals surface area contributed by atoms with Crippen LogP contribution in [0.5, 0.6) is 0 Å². The van der Waals surface area contributed by atoms with E-state index in [-0.39, 0.29) is 11.3 Å². The molecule has 1 aliphatic carbocycles. The van der Waals surface area contributed by atoms with Crippen molar-refractivity contribution in [2.24, 2.45) is 0 Å². The van der Waals surface area contributed by atoms with Crippen LogP contribution in [-0.2, 0) is 27.7 Å². The number of benzene rings is 1. The summed E-state index contributed by atoms with van der Waals surface area (Å²) >= 11 is 0. The quantitative estimate of drug-likeness (QED) is 0.872. The predicted molar refractivity (Wildman–Crippen MR) is 79.7 cm³/mol. The van der Waals surface area contributed by atoms with Crippen LogP contribution in [0, 0.1) is 0 Å². The minimum atomic E-state index is -3.84. The Morgan fingerprint density at radius 2 is 1.90 bits per heavy atom. The molecule has 116 valence electrons. The fourth-order valence-electron chi connectivity index (χ4n) is 2.50. The monoisotopic (exact) mass is 311 g/mol. The van der Waals surface area contributed by atoms with Gasteiger partial charge in [0.2, 0.25) is 10.0 Å². The lowest BCUT2D eigenvalue weighted by Crippen LogP contribution is -2.51. The van der Waals surface area contributed by atoms with E-state index in [0.717, 1.165) is 31.2 Å². The van der Waals surface area contributed by atoms with Crippen LogP contribution in [0.2, 0.25) is 0 Å². The van der Waals surface area contributed by atoms with Gasteiger partial charge >= 0.3 is 5.97 Å². The molecule has 21 heavy (non-hydrogen) atoms. The average molecular weight is 311 g/mol. The number of carboxylic acid groups (broad SMARTS) is 1. The van der Waals surface area contributed by atoms with Crippen LogP contribution < -0.4 is 4.72 Å². The molecule has 1 unspecified atom stereocenters. The van der Waals surface area contributed by atoms with Crippen molar-refractivity contribution in [1.82, 2.24) is 4.72 Å². The largest absolute Gasteiger partial charge is 0.480 e. The van der Waals surface area contributed by atoms with Gasteiger partial charge in [-0.25, -0.2) is 8.42 Å². The lowest BCUT2D eigenvalue weighted by Gasteiger charge is -2.25. The van der Waals surface area contributed by atoms with E-state index in [1.54, 1.807) is 19.1 Å². The molecule has 0 saturated heterocycles. The van der Waals surface area contributed by atoms with Gasteiger partial charge in [-0.3, -0.25) is 4.79 Å². The van der Waals surface area contributed by atoms with Gasteiger partial charge in [0, 0.05) is 0 Å². The van der Waals surface area contributed by atoms with Gasteiger partial charge in [-0.15, -0.1) is 0 Å². The van der Waals surface area contributed by atoms with Gasteiger partial charge in [-0.2, -0.15) is 4.72 Å². The smallest absolute Gasteiger partial charge is 0.324 e. The van der Waals surface area contributed by atoms with Crippen molar-refractivity contribution < 1.29 is 18.3 Å². The average Bonchev–Trinajstić information content (AvgIpc) is 2.46. The summed E-state index contributed by atoms with van der Waals surface area (Å²) in [5.74, 6) is -1.17. The van der Waals surface area contributed by atoms with Crippen LogP contribution in [-0.4, -0.2) is 25.0 Å². The van der Waals surface area contributed by atoms with Crippen molar-refractivity contribution in [3.05, 3.63) is 29.3 Å². The number of aryl methyl sites for hydroxylation is 2. The number of fused-ring (bicyclic) bond motifs is 1. The summed E-state index contributed by atoms with van der Waals surface area (Å²) in [4.78, 5) is 11.4. The maximum Gasteiger partial charge on any atom is 0.324 e. The molecule has 1 aromatic rings. The van der Waals surface area contributed by atoms with E-state index in [2.05, 4.69) is 4.72 Å². The second-order valence-corrected chi connectivity index (χ2v) is 7.42. The van der Waals surface area contributed by atoms with Gasteiger partial charge in [0.25, 0.3) is 0 Å². The lowest BCUT2D eigenvalue weighted by atomic mass is 9.92. The second-order valence-electron chi connectivity index (χ2n) is 5.73. The van der Waals surface area contributed by atoms with Crippen LogP contribution >= 0.6 is 0 Å². The molecule has 2 N–H and O–H groups in total. The zero-order chi connectivity index (χ0) is 15.7. The van der Waals surface area contributed by atoms with E-state index in [1.165, 1.54) is 12.5 Å². The minimum absolute atomic E-state index is 0.143. The Balaban J connectivity index is 2.34. The maximum absolute atomic E-state index is 12.4. The number of carboxylic acids is 1. The number of hydrogen-bond donors (Lipinski definition) is 2. The van der Waals surface area contributed by atoms with E-state index in [0.29, 0.717) is 0 Å². The number of hydrogen-bond acceptors (Lipinski definition) is 3. The summed E-state index contributed by atoms with van der Waals surface area (Å²) in [6.07, 6.45) is 4.22. The molecule has 6 heteroatoms. The molecule has 0 fully saturated rings. The van der Waals surface area contributed by atoms with E-state index in [9.17, 15) is 18.3 Å². The Labute approximate surface area is 125 Å². The SMILES string of the molecule is CCC(C)(NS(=O)(=O)c1ccc2c(c1)CCCC2)C(=O)O. The summed E-state index contributed by atoms with van der Waals surface area (Å²) in [5, 5.41) is 9.21. The van der Waals surface area contributed by atoms with Crippen molar-refractivity contribution in [1.29, 1.82) is 0 Å². The van der Waals surface area contributed by atoms with Crippen molar-refractivity contribution in [3.63, 3.8) is 0 Å². The fraction of sp³-hybridized carbons (Fsp3) is 0.533. The van der Waals surface area contributed by atoms with Gasteiger partial charge in [-0.1, -0.05) is 13.0 Å². The Hall–Kier alpha value is -1.40. The highest BCUT2D eigenvalue weighted by Crippen LogP contribution is 2.25. The highest BCUT2D eigenvalue weighted by molar-refractivity contribution is 7.89. The molecule has 0 aromatic heterocycles. The second kappa shape index (κ2) is 5.77. The summed E-state index contributed by atoms with van der Waals surface area (Å²) in [6.45, 7) is 3.02. The maximum atomic E-state index is 12.4. The first-order valence-corrected chi connectivity index (χ1v) is 8.66. The van der Waals surface area contributed by atoms with Gasteiger partial charge in [-0.05, 0) is 62.3 Å². The first-order valence-electron chi connectivity index (χ1n) is 7.18. The zero-order valence-corrected chi connectivity index (χ0v) is 13.2. The molecule has 0 radical (unpaired) electrons. The van der Waals surface area contributed by atoms with Crippen LogP contribution in [0.4, 0.5) is 0 Å². The van der Waals surface area contributed by atoms with Crippen molar-refractivity contribution in [2.45, 2.75) is 56.4 Å². The zero-order valence-electron chi connectivity index (χ0n) is 12.3. The number of carbonyl (C=O) groups is 1. The molecule has 1 aromatic carbocycles. The van der Waals surface area contributed by atoms with Crippen molar-refractivity contribution >= 4 is 16.0 Å². The molecule has 1 aliphatic rings. The van der Waals surface area contributed by atoms with Gasteiger partial charge in [0.1, 0.15) is 5.54 Å². The molecule has 0 saturated carbocycles. The first-order chi connectivity index (χ1) is 9.78. The molecule has 0 spiro atoms. The molecular formula is C15H21NO4S. The summed E-state index contributed by atoms with van der Waals surface area (Å²) < 4.78 is 27.2. The van der Waals surface area contributed by atoms with Crippen molar-refractivity contribution in [2.75, 3.05) is 0 Å². The number of rotatable bonds is 5. The molecule has 5 nitrogen and oxygen atoms in total. The van der Waals surface area contributed by atoms with E-state index < -0.39 is 21.5 Å². The third kappa shape index (κ3) is 3.27.